The molecule has 4 N–H and O–H groups in total. The van der Waals surface area contributed by atoms with E-state index in [2.05, 4.69) is 20.4 Å². The summed E-state index contributed by atoms with van der Waals surface area (Å²) in [5.41, 5.74) is 9.22. The molecule has 0 spiro atoms. The first-order chi connectivity index (χ1) is 31.6. The molecule has 1 aromatic heterocycles. The summed E-state index contributed by atoms with van der Waals surface area (Å²) < 4.78 is 8.01. The van der Waals surface area contributed by atoms with Crippen molar-refractivity contribution in [2.24, 2.45) is 11.7 Å². The first-order valence-electron chi connectivity index (χ1n) is 22.9. The first-order valence-corrected chi connectivity index (χ1v) is 22.9. The SMILES string of the molecule is NC(=O)c1c(-c2ccc(Oc3ccccc3)cc2)nn2c1NCCC2C1CCN(C2CCN(C(=O)N3CCN(Cc4ccc5c(c4)C(=O)N(C4CCC(=O)NC4=O)C5=O)CC3)CC2)CC1. The molecule has 0 bridgehead atoms. The number of imide groups is 2. The Morgan fingerprint density at radius 1 is 0.738 bits per heavy atom. The number of aromatic nitrogens is 2. The van der Waals surface area contributed by atoms with Gasteiger partial charge < -0.3 is 30.5 Å². The van der Waals surface area contributed by atoms with Crippen LogP contribution in [-0.2, 0) is 16.1 Å². The van der Waals surface area contributed by atoms with Crippen LogP contribution in [0.5, 0.6) is 11.5 Å². The Morgan fingerprint density at radius 3 is 2.14 bits per heavy atom. The lowest BCUT2D eigenvalue weighted by Gasteiger charge is -2.45. The zero-order valence-corrected chi connectivity index (χ0v) is 36.3. The Labute approximate surface area is 376 Å². The molecule has 6 aliphatic rings. The smallest absolute Gasteiger partial charge is 0.320 e. The number of primary amides is 1. The minimum absolute atomic E-state index is 0.0750. The molecule has 0 radical (unpaired) electrons. The van der Waals surface area contributed by atoms with E-state index < -0.39 is 35.6 Å². The van der Waals surface area contributed by atoms with Crippen LogP contribution in [0.2, 0.25) is 0 Å². The molecule has 17 nitrogen and oxygen atoms in total. The van der Waals surface area contributed by atoms with Crippen LogP contribution in [0.1, 0.15) is 87.6 Å². The van der Waals surface area contributed by atoms with Crippen molar-refractivity contribution in [1.29, 1.82) is 0 Å². The van der Waals surface area contributed by atoms with Crippen LogP contribution < -0.4 is 21.1 Å². The molecule has 0 aliphatic carbocycles. The summed E-state index contributed by atoms with van der Waals surface area (Å²) in [6, 6.07) is 22.1. The Morgan fingerprint density at radius 2 is 1.43 bits per heavy atom. The van der Waals surface area contributed by atoms with Gasteiger partial charge >= 0.3 is 6.03 Å². The number of hydrogen-bond acceptors (Lipinski definition) is 11. The lowest BCUT2D eigenvalue weighted by atomic mass is 9.85. The van der Waals surface area contributed by atoms with E-state index in [-0.39, 0.29) is 36.0 Å². The molecule has 2 unspecified atom stereocenters. The standard InChI is InChI=1S/C48H54N10O7/c49-43(60)41-42(32-7-9-35(10-8-32)65-34-4-2-1-3-5-34)52-58-38(14-19-50-44(41)58)31-15-20-54(21-16-31)33-17-22-55(23-18-33)48(64)56-26-24-53(25-27-56)29-30-6-11-36-37(28-30)47(63)57(46(36)62)39-12-13-40(59)51-45(39)61/h1-11,28,31,33,38-39,50H,12-27,29H2,(H2,49,60)(H,51,59,61). The number of rotatable bonds is 9. The van der Waals surface area contributed by atoms with Gasteiger partial charge in [0, 0.05) is 70.4 Å². The van der Waals surface area contributed by atoms with Crippen LogP contribution in [0.3, 0.4) is 0 Å². The highest BCUT2D eigenvalue weighted by atomic mass is 16.5. The summed E-state index contributed by atoms with van der Waals surface area (Å²) >= 11 is 0. The monoisotopic (exact) mass is 882 g/mol. The second-order valence-electron chi connectivity index (χ2n) is 18.1. The maximum atomic E-state index is 13.7. The summed E-state index contributed by atoms with van der Waals surface area (Å²) in [5.74, 6) is -0.0156. The number of likely N-dealkylation sites (tertiary alicyclic amines) is 2. The maximum Gasteiger partial charge on any atom is 0.320 e. The summed E-state index contributed by atoms with van der Waals surface area (Å²) in [4.78, 5) is 87.0. The molecule has 338 valence electrons. The second kappa shape index (κ2) is 17.8. The van der Waals surface area contributed by atoms with E-state index in [0.29, 0.717) is 67.5 Å². The average molecular weight is 883 g/mol. The fourth-order valence-electron chi connectivity index (χ4n) is 10.7. The van der Waals surface area contributed by atoms with Crippen LogP contribution in [0.15, 0.2) is 72.8 Å². The number of para-hydroxylation sites is 1. The number of hydrogen-bond donors (Lipinski definition) is 3. The molecule has 6 aliphatic heterocycles. The Kier molecular flexibility index (Phi) is 11.6. The molecule has 2 atom stereocenters. The maximum absolute atomic E-state index is 13.7. The lowest BCUT2D eigenvalue weighted by Crippen LogP contribution is -2.55. The number of nitrogens with one attached hydrogen (secondary N) is 2. The van der Waals surface area contributed by atoms with E-state index in [1.807, 2.05) is 75.1 Å². The van der Waals surface area contributed by atoms with Crippen LogP contribution in [-0.4, -0.2) is 141 Å². The molecule has 4 saturated heterocycles. The van der Waals surface area contributed by atoms with Crippen LogP contribution in [0, 0.1) is 5.92 Å². The fourth-order valence-corrected chi connectivity index (χ4v) is 10.7. The highest BCUT2D eigenvalue weighted by Gasteiger charge is 2.45. The van der Waals surface area contributed by atoms with Crippen molar-refractivity contribution in [3.63, 3.8) is 0 Å². The molecule has 4 fully saturated rings. The van der Waals surface area contributed by atoms with E-state index in [4.69, 9.17) is 15.6 Å². The molecule has 7 heterocycles. The quantitative estimate of drug-likeness (QED) is 0.203. The molecule has 3 aromatic carbocycles. The van der Waals surface area contributed by atoms with E-state index in [9.17, 15) is 28.8 Å². The number of piperazine rings is 1. The number of piperidine rings is 3. The molecular weight excluding hydrogens is 829 g/mol. The van der Waals surface area contributed by atoms with Gasteiger partial charge in [-0.05, 0) is 112 Å². The van der Waals surface area contributed by atoms with Crippen molar-refractivity contribution in [2.45, 2.75) is 69.6 Å². The summed E-state index contributed by atoms with van der Waals surface area (Å²) in [5, 5.41) is 10.7. The number of amides is 7. The molecular formula is C48H54N10O7. The van der Waals surface area contributed by atoms with Gasteiger partial charge in [-0.1, -0.05) is 24.3 Å². The van der Waals surface area contributed by atoms with Gasteiger partial charge in [0.05, 0.1) is 17.2 Å². The van der Waals surface area contributed by atoms with Crippen molar-refractivity contribution < 1.29 is 33.5 Å². The summed E-state index contributed by atoms with van der Waals surface area (Å²) in [7, 11) is 0. The average Bonchev–Trinajstić information content (AvgIpc) is 3.84. The normalized spacial score (nSPS) is 22.4. The number of benzene rings is 3. The third-order valence-corrected chi connectivity index (χ3v) is 14.2. The van der Waals surface area contributed by atoms with Gasteiger partial charge in [-0.2, -0.15) is 5.10 Å². The zero-order chi connectivity index (χ0) is 44.8. The third-order valence-electron chi connectivity index (χ3n) is 14.2. The number of anilines is 1. The lowest BCUT2D eigenvalue weighted by molar-refractivity contribution is -0.136. The van der Waals surface area contributed by atoms with Crippen molar-refractivity contribution >= 4 is 41.4 Å². The van der Waals surface area contributed by atoms with Crippen molar-refractivity contribution in [2.75, 3.05) is 64.2 Å². The van der Waals surface area contributed by atoms with Crippen molar-refractivity contribution in [1.82, 2.24) is 39.6 Å². The minimum Gasteiger partial charge on any atom is -0.457 e. The Bertz CT molecular complexity index is 2500. The Balaban J connectivity index is 0.692. The van der Waals surface area contributed by atoms with E-state index in [1.165, 1.54) is 0 Å². The highest BCUT2D eigenvalue weighted by molar-refractivity contribution is 6.23. The number of nitrogens with zero attached hydrogens (tertiary/aromatic N) is 7. The fraction of sp³-hybridized carbons (Fsp3) is 0.438. The van der Waals surface area contributed by atoms with Crippen LogP contribution >= 0.6 is 0 Å². The zero-order valence-electron chi connectivity index (χ0n) is 36.3. The van der Waals surface area contributed by atoms with Gasteiger partial charge in [-0.3, -0.25) is 39.1 Å². The topological polar surface area (TPSA) is 196 Å². The largest absolute Gasteiger partial charge is 0.457 e. The van der Waals surface area contributed by atoms with Crippen LogP contribution in [0.4, 0.5) is 10.6 Å². The Hall–Kier alpha value is -6.59. The van der Waals surface area contributed by atoms with Crippen LogP contribution in [0.25, 0.3) is 11.3 Å². The van der Waals surface area contributed by atoms with Gasteiger partial charge in [0.25, 0.3) is 17.7 Å². The van der Waals surface area contributed by atoms with Gasteiger partial charge in [-0.15, -0.1) is 0 Å². The van der Waals surface area contributed by atoms with E-state index >= 15 is 0 Å². The predicted molar refractivity (Wildman–Crippen MR) is 239 cm³/mol. The van der Waals surface area contributed by atoms with Crippen molar-refractivity contribution in [3.05, 3.63) is 95.1 Å². The van der Waals surface area contributed by atoms with Gasteiger partial charge in [0.2, 0.25) is 11.8 Å². The summed E-state index contributed by atoms with van der Waals surface area (Å²) in [6.07, 6.45) is 5.04. The van der Waals surface area contributed by atoms with Gasteiger partial charge in [-0.25, -0.2) is 9.48 Å². The number of nitrogens with two attached hydrogens (primary N) is 1. The van der Waals surface area contributed by atoms with Gasteiger partial charge in [0.1, 0.15) is 34.6 Å². The van der Waals surface area contributed by atoms with E-state index in [1.54, 1.807) is 12.1 Å². The van der Waals surface area contributed by atoms with Gasteiger partial charge in [0.15, 0.2) is 0 Å². The number of urea groups is 1. The molecule has 17 heteroatoms. The molecule has 65 heavy (non-hydrogen) atoms. The number of ether oxygens (including phenoxy) is 1. The highest BCUT2D eigenvalue weighted by Crippen LogP contribution is 2.41. The number of carbonyl (C=O) groups is 6. The molecule has 7 amide bonds. The van der Waals surface area contributed by atoms with Crippen molar-refractivity contribution in [3.8, 4) is 22.8 Å². The third kappa shape index (κ3) is 8.34. The molecule has 4 aromatic rings. The number of fused-ring (bicyclic) bond motifs is 2. The minimum atomic E-state index is -0.996. The first kappa shape index (κ1) is 42.4. The summed E-state index contributed by atoms with van der Waals surface area (Å²) in [6.45, 7) is 7.30. The molecule has 10 rings (SSSR count). The molecule has 0 saturated carbocycles. The predicted octanol–water partition coefficient (Wildman–Crippen LogP) is 4.31. The second-order valence-corrected chi connectivity index (χ2v) is 18.1. The number of carbonyl (C=O) groups excluding carboxylic acids is 6. The van der Waals surface area contributed by atoms with E-state index in [0.717, 1.165) is 86.6 Å².